The summed E-state index contributed by atoms with van der Waals surface area (Å²) in [5.41, 5.74) is 1.81. The normalized spacial score (nSPS) is 10.8. The summed E-state index contributed by atoms with van der Waals surface area (Å²) in [6.07, 6.45) is 3.60. The van der Waals surface area contributed by atoms with E-state index in [2.05, 4.69) is 10.3 Å². The van der Waals surface area contributed by atoms with Crippen LogP contribution in [0.5, 0.6) is 0 Å². The minimum absolute atomic E-state index is 0.269. The largest absolute Gasteiger partial charge is 0.352 e. The quantitative estimate of drug-likeness (QED) is 0.805. The van der Waals surface area contributed by atoms with Crippen LogP contribution < -0.4 is 5.32 Å². The summed E-state index contributed by atoms with van der Waals surface area (Å²) in [5, 5.41) is 2.74. The number of imidazole rings is 1. The molecule has 0 radical (unpaired) electrons. The molecule has 0 aliphatic heterocycles. The Morgan fingerprint density at radius 1 is 1.05 bits per heavy atom. The first kappa shape index (κ1) is 14.2. The van der Waals surface area contributed by atoms with E-state index in [1.807, 2.05) is 0 Å². The second-order valence-electron chi connectivity index (χ2n) is 4.86. The third-order valence-corrected chi connectivity index (χ3v) is 3.24. The molecule has 3 rings (SSSR count). The van der Waals surface area contributed by atoms with Crippen LogP contribution in [0.4, 0.5) is 8.78 Å². The minimum Gasteiger partial charge on any atom is -0.352 e. The monoisotopic (exact) mass is 301 g/mol. The topological polar surface area (TPSA) is 46.4 Å². The fourth-order valence-electron chi connectivity index (χ4n) is 2.15. The SMILES string of the molecule is O=C(NCCc1cn2cc(F)ccc2n1)c1ccc(F)cc1. The Kier molecular flexibility index (Phi) is 3.82. The van der Waals surface area contributed by atoms with E-state index in [9.17, 15) is 13.6 Å². The van der Waals surface area contributed by atoms with Crippen LogP contribution in [-0.2, 0) is 6.42 Å². The van der Waals surface area contributed by atoms with Gasteiger partial charge in [-0.3, -0.25) is 4.79 Å². The van der Waals surface area contributed by atoms with Crippen LogP contribution in [0.2, 0.25) is 0 Å². The summed E-state index contributed by atoms with van der Waals surface area (Å²) in [6, 6.07) is 8.28. The van der Waals surface area contributed by atoms with Crippen molar-refractivity contribution in [3.05, 3.63) is 71.7 Å². The van der Waals surface area contributed by atoms with Crippen LogP contribution in [0.25, 0.3) is 5.65 Å². The van der Waals surface area contributed by atoms with E-state index in [0.29, 0.717) is 24.2 Å². The van der Waals surface area contributed by atoms with Gasteiger partial charge in [-0.15, -0.1) is 0 Å². The Labute approximate surface area is 125 Å². The van der Waals surface area contributed by atoms with Crippen molar-refractivity contribution in [3.8, 4) is 0 Å². The molecule has 112 valence electrons. The maximum atomic E-state index is 13.1. The van der Waals surface area contributed by atoms with Gasteiger partial charge < -0.3 is 9.72 Å². The zero-order valence-electron chi connectivity index (χ0n) is 11.6. The maximum Gasteiger partial charge on any atom is 0.251 e. The van der Waals surface area contributed by atoms with E-state index in [4.69, 9.17) is 0 Å². The molecule has 1 N–H and O–H groups in total. The molecule has 0 aliphatic carbocycles. The summed E-state index contributed by atoms with van der Waals surface area (Å²) in [6.45, 7) is 0.391. The van der Waals surface area contributed by atoms with Gasteiger partial charge >= 0.3 is 0 Å². The molecule has 4 nitrogen and oxygen atoms in total. The highest BCUT2D eigenvalue weighted by molar-refractivity contribution is 5.94. The van der Waals surface area contributed by atoms with Gasteiger partial charge in [-0.1, -0.05) is 0 Å². The second-order valence-corrected chi connectivity index (χ2v) is 4.86. The van der Waals surface area contributed by atoms with Crippen LogP contribution in [0.15, 0.2) is 48.8 Å². The molecule has 3 aromatic rings. The molecule has 0 unspecified atom stereocenters. The van der Waals surface area contributed by atoms with Crippen molar-refractivity contribution in [2.75, 3.05) is 6.54 Å². The summed E-state index contributed by atoms with van der Waals surface area (Å²) in [4.78, 5) is 16.2. The van der Waals surface area contributed by atoms with E-state index < -0.39 is 0 Å². The molecule has 0 bridgehead atoms. The molecule has 2 aromatic heterocycles. The van der Waals surface area contributed by atoms with Crippen LogP contribution in [-0.4, -0.2) is 21.8 Å². The molecule has 0 atom stereocenters. The number of rotatable bonds is 4. The molecule has 2 heterocycles. The van der Waals surface area contributed by atoms with Crippen molar-refractivity contribution in [2.45, 2.75) is 6.42 Å². The summed E-state index contributed by atoms with van der Waals surface area (Å²) in [5.74, 6) is -0.982. The predicted octanol–water partition coefficient (Wildman–Crippen LogP) is 2.59. The van der Waals surface area contributed by atoms with Gasteiger partial charge in [0.15, 0.2) is 0 Å². The van der Waals surface area contributed by atoms with Gasteiger partial charge in [-0.05, 0) is 36.4 Å². The first-order valence-electron chi connectivity index (χ1n) is 6.79. The van der Waals surface area contributed by atoms with Crippen LogP contribution in [0, 0.1) is 11.6 Å². The highest BCUT2D eigenvalue weighted by Crippen LogP contribution is 2.07. The number of fused-ring (bicyclic) bond motifs is 1. The lowest BCUT2D eigenvalue weighted by atomic mass is 10.2. The first-order valence-corrected chi connectivity index (χ1v) is 6.79. The number of nitrogens with zero attached hydrogens (tertiary/aromatic N) is 2. The highest BCUT2D eigenvalue weighted by atomic mass is 19.1. The number of carbonyl (C=O) groups excluding carboxylic acids is 1. The molecule has 0 fully saturated rings. The smallest absolute Gasteiger partial charge is 0.251 e. The minimum atomic E-state index is -0.381. The van der Waals surface area contributed by atoms with E-state index in [-0.39, 0.29) is 17.5 Å². The molecular weight excluding hydrogens is 288 g/mol. The van der Waals surface area contributed by atoms with Gasteiger partial charge in [0.05, 0.1) is 5.69 Å². The van der Waals surface area contributed by atoms with Crippen molar-refractivity contribution in [1.82, 2.24) is 14.7 Å². The Hall–Kier alpha value is -2.76. The number of pyridine rings is 1. The van der Waals surface area contributed by atoms with Crippen molar-refractivity contribution in [2.24, 2.45) is 0 Å². The number of benzene rings is 1. The highest BCUT2D eigenvalue weighted by Gasteiger charge is 2.06. The van der Waals surface area contributed by atoms with Gasteiger partial charge in [-0.25, -0.2) is 13.8 Å². The zero-order chi connectivity index (χ0) is 15.5. The van der Waals surface area contributed by atoms with E-state index in [0.717, 1.165) is 5.69 Å². The van der Waals surface area contributed by atoms with Crippen LogP contribution in [0.1, 0.15) is 16.1 Å². The molecule has 22 heavy (non-hydrogen) atoms. The predicted molar refractivity (Wildman–Crippen MR) is 77.6 cm³/mol. The Bertz CT molecular complexity index is 812. The van der Waals surface area contributed by atoms with Crippen LogP contribution in [0.3, 0.4) is 0 Å². The first-order chi connectivity index (χ1) is 10.6. The van der Waals surface area contributed by atoms with Gasteiger partial charge in [0, 0.05) is 30.9 Å². The standard InChI is InChI=1S/C16H13F2N3O/c17-12-3-1-11(2-4-12)16(22)19-8-7-14-10-21-9-13(18)5-6-15(21)20-14/h1-6,9-10H,7-8H2,(H,19,22). The molecular formula is C16H13F2N3O. The van der Waals surface area contributed by atoms with E-state index >= 15 is 0 Å². The number of carbonyl (C=O) groups is 1. The van der Waals surface area contributed by atoms with Gasteiger partial charge in [0.1, 0.15) is 17.3 Å². The summed E-state index contributed by atoms with van der Waals surface area (Å²) in [7, 11) is 0. The summed E-state index contributed by atoms with van der Waals surface area (Å²) < 4.78 is 27.5. The Morgan fingerprint density at radius 3 is 2.55 bits per heavy atom. The Balaban J connectivity index is 1.59. The molecule has 0 saturated carbocycles. The molecule has 1 amide bonds. The lowest BCUT2D eigenvalue weighted by Crippen LogP contribution is -2.25. The molecule has 1 aromatic carbocycles. The number of hydrogen-bond donors (Lipinski definition) is 1. The van der Waals surface area contributed by atoms with Gasteiger partial charge in [0.25, 0.3) is 5.91 Å². The Morgan fingerprint density at radius 2 is 1.77 bits per heavy atom. The number of halogens is 2. The molecule has 6 heteroatoms. The van der Waals surface area contributed by atoms with E-state index in [1.165, 1.54) is 36.5 Å². The van der Waals surface area contributed by atoms with Gasteiger partial charge in [-0.2, -0.15) is 0 Å². The van der Waals surface area contributed by atoms with Crippen molar-refractivity contribution in [1.29, 1.82) is 0 Å². The fraction of sp³-hybridized carbons (Fsp3) is 0.125. The average Bonchev–Trinajstić information content (AvgIpc) is 2.89. The number of hydrogen-bond acceptors (Lipinski definition) is 2. The lowest BCUT2D eigenvalue weighted by molar-refractivity contribution is 0.0954. The summed E-state index contributed by atoms with van der Waals surface area (Å²) >= 11 is 0. The molecule has 0 saturated heterocycles. The van der Waals surface area contributed by atoms with Gasteiger partial charge in [0.2, 0.25) is 0 Å². The lowest BCUT2D eigenvalue weighted by Gasteiger charge is -2.03. The van der Waals surface area contributed by atoms with E-state index in [1.54, 1.807) is 16.7 Å². The van der Waals surface area contributed by atoms with Crippen molar-refractivity contribution < 1.29 is 13.6 Å². The fourth-order valence-corrected chi connectivity index (χ4v) is 2.15. The third kappa shape index (κ3) is 3.11. The number of nitrogens with one attached hydrogen (secondary N) is 1. The zero-order valence-corrected chi connectivity index (χ0v) is 11.6. The third-order valence-electron chi connectivity index (χ3n) is 3.24. The number of aromatic nitrogens is 2. The van der Waals surface area contributed by atoms with Crippen molar-refractivity contribution in [3.63, 3.8) is 0 Å². The molecule has 0 spiro atoms. The number of amides is 1. The maximum absolute atomic E-state index is 13.1. The second kappa shape index (κ2) is 5.93. The van der Waals surface area contributed by atoms with Crippen molar-refractivity contribution >= 4 is 11.6 Å². The molecule has 0 aliphatic rings. The average molecular weight is 301 g/mol. The van der Waals surface area contributed by atoms with Crippen LogP contribution >= 0.6 is 0 Å².